The third kappa shape index (κ3) is 4.74. The number of rotatable bonds is 4. The average molecular weight is 502 g/mol. The van der Waals surface area contributed by atoms with E-state index in [2.05, 4.69) is 11.4 Å². The van der Waals surface area contributed by atoms with Crippen molar-refractivity contribution in [2.75, 3.05) is 29.9 Å². The van der Waals surface area contributed by atoms with Gasteiger partial charge in [0.25, 0.3) is 5.91 Å². The van der Waals surface area contributed by atoms with Gasteiger partial charge in [-0.3, -0.25) is 9.59 Å². The highest BCUT2D eigenvalue weighted by molar-refractivity contribution is 6.03. The minimum Gasteiger partial charge on any atom is -0.390 e. The molecule has 10 nitrogen and oxygen atoms in total. The smallest absolute Gasteiger partial charge is 0.256 e. The van der Waals surface area contributed by atoms with Crippen LogP contribution < -0.4 is 10.2 Å². The number of hydrogen-bond donors (Lipinski definition) is 2. The highest BCUT2D eigenvalue weighted by atomic mass is 16.3. The molecule has 192 valence electrons. The SMILES string of the molecule is CC(=O)Nc1ccc(C)cc1C(=O)N1CCCCC1c1cc2nc(N3CC(O)C(C#N)C3)c(C)cn2n1. The van der Waals surface area contributed by atoms with E-state index >= 15 is 0 Å². The van der Waals surface area contributed by atoms with Crippen LogP contribution in [0.5, 0.6) is 0 Å². The first kappa shape index (κ1) is 24.7. The maximum atomic E-state index is 13.8. The van der Waals surface area contributed by atoms with Crippen molar-refractivity contribution in [1.82, 2.24) is 19.5 Å². The van der Waals surface area contributed by atoms with Crippen LogP contribution in [-0.4, -0.2) is 62.2 Å². The minimum absolute atomic E-state index is 0.132. The fourth-order valence-corrected chi connectivity index (χ4v) is 5.36. The van der Waals surface area contributed by atoms with Gasteiger partial charge in [0.2, 0.25) is 5.91 Å². The zero-order valence-electron chi connectivity index (χ0n) is 21.3. The molecule has 10 heteroatoms. The number of β-amino-alcohol motifs (C(OH)–C–C–N with tert-alkyl or cyclic N) is 1. The van der Waals surface area contributed by atoms with Gasteiger partial charge in [-0.25, -0.2) is 9.50 Å². The third-order valence-electron chi connectivity index (χ3n) is 7.20. The number of aliphatic hydroxyl groups excluding tert-OH is 1. The number of likely N-dealkylation sites (tertiary alicyclic amines) is 1. The summed E-state index contributed by atoms with van der Waals surface area (Å²) >= 11 is 0. The van der Waals surface area contributed by atoms with E-state index in [-0.39, 0.29) is 17.9 Å². The number of aliphatic hydroxyl groups is 1. The highest BCUT2D eigenvalue weighted by Gasteiger charge is 2.34. The van der Waals surface area contributed by atoms with Gasteiger partial charge in [0, 0.05) is 44.4 Å². The predicted octanol–water partition coefficient (Wildman–Crippen LogP) is 2.99. The van der Waals surface area contributed by atoms with Crippen molar-refractivity contribution in [3.63, 3.8) is 0 Å². The number of hydrogen-bond acceptors (Lipinski definition) is 7. The molecule has 2 fully saturated rings. The molecule has 0 aliphatic carbocycles. The molecule has 3 unspecified atom stereocenters. The Hall–Kier alpha value is -3.97. The molecule has 0 bridgehead atoms. The van der Waals surface area contributed by atoms with Gasteiger partial charge in [-0.05, 0) is 45.2 Å². The van der Waals surface area contributed by atoms with Crippen molar-refractivity contribution in [3.05, 3.63) is 52.8 Å². The molecule has 2 amide bonds. The molecule has 2 saturated heterocycles. The molecule has 2 aromatic heterocycles. The summed E-state index contributed by atoms with van der Waals surface area (Å²) in [7, 11) is 0. The highest BCUT2D eigenvalue weighted by Crippen LogP contribution is 2.34. The van der Waals surface area contributed by atoms with Crippen LogP contribution in [0, 0.1) is 31.1 Å². The summed E-state index contributed by atoms with van der Waals surface area (Å²) in [6.45, 7) is 6.69. The van der Waals surface area contributed by atoms with Crippen LogP contribution in [0.3, 0.4) is 0 Å². The molecule has 0 spiro atoms. The van der Waals surface area contributed by atoms with E-state index in [4.69, 9.17) is 10.1 Å². The van der Waals surface area contributed by atoms with Crippen LogP contribution >= 0.6 is 0 Å². The number of piperidine rings is 1. The van der Waals surface area contributed by atoms with E-state index in [1.807, 2.05) is 48.0 Å². The quantitative estimate of drug-likeness (QED) is 0.563. The fraction of sp³-hybridized carbons (Fsp3) is 0.444. The lowest BCUT2D eigenvalue weighted by Gasteiger charge is -2.35. The van der Waals surface area contributed by atoms with Crippen LogP contribution in [0.25, 0.3) is 5.65 Å². The molecular weight excluding hydrogens is 470 g/mol. The maximum absolute atomic E-state index is 13.8. The summed E-state index contributed by atoms with van der Waals surface area (Å²) in [6.07, 6.45) is 3.86. The molecule has 2 aliphatic rings. The molecule has 37 heavy (non-hydrogen) atoms. The summed E-state index contributed by atoms with van der Waals surface area (Å²) in [4.78, 5) is 34.2. The molecule has 4 heterocycles. The Labute approximate surface area is 215 Å². The van der Waals surface area contributed by atoms with Crippen LogP contribution in [0.2, 0.25) is 0 Å². The lowest BCUT2D eigenvalue weighted by Crippen LogP contribution is -2.39. The van der Waals surface area contributed by atoms with Gasteiger partial charge in [0.1, 0.15) is 5.82 Å². The Balaban J connectivity index is 1.47. The summed E-state index contributed by atoms with van der Waals surface area (Å²) < 4.78 is 1.73. The maximum Gasteiger partial charge on any atom is 0.256 e. The topological polar surface area (TPSA) is 127 Å². The summed E-state index contributed by atoms with van der Waals surface area (Å²) in [5.41, 5.74) is 4.23. The van der Waals surface area contributed by atoms with Crippen molar-refractivity contribution < 1.29 is 14.7 Å². The number of aryl methyl sites for hydroxylation is 2. The number of amides is 2. The van der Waals surface area contributed by atoms with Gasteiger partial charge in [-0.15, -0.1) is 0 Å². The monoisotopic (exact) mass is 501 g/mol. The lowest BCUT2D eigenvalue weighted by molar-refractivity contribution is -0.114. The second-order valence-electron chi connectivity index (χ2n) is 10.1. The van der Waals surface area contributed by atoms with E-state index < -0.39 is 12.0 Å². The van der Waals surface area contributed by atoms with E-state index in [0.717, 1.165) is 41.9 Å². The average Bonchev–Trinajstić information content (AvgIpc) is 3.46. The number of nitrogens with one attached hydrogen (secondary N) is 1. The second-order valence-corrected chi connectivity index (χ2v) is 10.1. The molecule has 2 N–H and O–H groups in total. The van der Waals surface area contributed by atoms with Crippen LogP contribution in [0.1, 0.15) is 59.4 Å². The Morgan fingerprint density at radius 2 is 2.00 bits per heavy atom. The van der Waals surface area contributed by atoms with E-state index in [1.54, 1.807) is 10.6 Å². The standard InChI is InChI=1S/C27H31N7O3/c1-16-7-8-21(29-18(3)35)20(10-16)27(37)33-9-5-4-6-23(33)22-11-25-30-26(17(2)13-34(25)31-22)32-14-19(12-28)24(36)15-32/h7-8,10-11,13,19,23-24,36H,4-6,9,14-15H2,1-3H3,(H,29,35). The van der Waals surface area contributed by atoms with Gasteiger partial charge in [0.15, 0.2) is 5.65 Å². The minimum atomic E-state index is -0.700. The van der Waals surface area contributed by atoms with Crippen molar-refractivity contribution in [2.24, 2.45) is 5.92 Å². The Morgan fingerprint density at radius 1 is 1.19 bits per heavy atom. The van der Waals surface area contributed by atoms with Crippen LogP contribution in [0.4, 0.5) is 11.5 Å². The van der Waals surface area contributed by atoms with Crippen LogP contribution in [0.15, 0.2) is 30.5 Å². The molecule has 3 aromatic rings. The van der Waals surface area contributed by atoms with E-state index in [1.165, 1.54) is 6.92 Å². The zero-order chi connectivity index (χ0) is 26.3. The number of nitrogens with zero attached hydrogens (tertiary/aromatic N) is 6. The van der Waals surface area contributed by atoms with Gasteiger partial charge in [-0.1, -0.05) is 11.6 Å². The van der Waals surface area contributed by atoms with Gasteiger partial charge in [0.05, 0.1) is 41.1 Å². The fourth-order valence-electron chi connectivity index (χ4n) is 5.36. The van der Waals surface area contributed by atoms with E-state index in [0.29, 0.717) is 36.5 Å². The number of carbonyl (C=O) groups excluding carboxylic acids is 2. The summed E-state index contributed by atoms with van der Waals surface area (Å²) in [6, 6.07) is 9.33. The van der Waals surface area contributed by atoms with Gasteiger partial charge in [-0.2, -0.15) is 10.4 Å². The van der Waals surface area contributed by atoms with Gasteiger partial charge < -0.3 is 20.2 Å². The molecule has 0 radical (unpaired) electrons. The molecule has 1 aromatic carbocycles. The summed E-state index contributed by atoms with van der Waals surface area (Å²) in [5, 5.41) is 27.1. The lowest BCUT2D eigenvalue weighted by atomic mass is 9.97. The number of anilines is 2. The van der Waals surface area contributed by atoms with Crippen molar-refractivity contribution >= 4 is 29.0 Å². The van der Waals surface area contributed by atoms with Crippen LogP contribution in [-0.2, 0) is 4.79 Å². The van der Waals surface area contributed by atoms with Crippen molar-refractivity contribution in [1.29, 1.82) is 5.26 Å². The first-order chi connectivity index (χ1) is 17.7. The first-order valence-electron chi connectivity index (χ1n) is 12.6. The van der Waals surface area contributed by atoms with Gasteiger partial charge >= 0.3 is 0 Å². The largest absolute Gasteiger partial charge is 0.390 e. The third-order valence-corrected chi connectivity index (χ3v) is 7.20. The Morgan fingerprint density at radius 3 is 2.73 bits per heavy atom. The normalized spacial score (nSPS) is 21.8. The Kier molecular flexibility index (Phi) is 6.56. The molecule has 3 atom stereocenters. The number of aromatic nitrogens is 3. The molecular formula is C27H31N7O3. The molecule has 2 aliphatic heterocycles. The van der Waals surface area contributed by atoms with E-state index in [9.17, 15) is 20.0 Å². The summed E-state index contributed by atoms with van der Waals surface area (Å²) in [5.74, 6) is -0.0688. The van der Waals surface area contributed by atoms with Crippen molar-refractivity contribution in [2.45, 2.75) is 52.2 Å². The second kappa shape index (κ2) is 9.82. The van der Waals surface area contributed by atoms with Crippen molar-refractivity contribution in [3.8, 4) is 6.07 Å². The zero-order valence-corrected chi connectivity index (χ0v) is 21.3. The number of benzene rings is 1. The molecule has 5 rings (SSSR count). The predicted molar refractivity (Wildman–Crippen MR) is 138 cm³/mol. The number of carbonyl (C=O) groups is 2. The first-order valence-corrected chi connectivity index (χ1v) is 12.6. The number of nitriles is 1. The molecule has 0 saturated carbocycles. The number of fused-ring (bicyclic) bond motifs is 1. The Bertz CT molecular complexity index is 1410.